The van der Waals surface area contributed by atoms with Gasteiger partial charge < -0.3 is 14.2 Å². The number of fused-ring (bicyclic) bond motifs is 1. The highest BCUT2D eigenvalue weighted by molar-refractivity contribution is 9.11. The number of halogens is 2. The highest BCUT2D eigenvalue weighted by Gasteiger charge is 2.10. The van der Waals surface area contributed by atoms with Crippen molar-refractivity contribution in [2.45, 2.75) is 0 Å². The zero-order chi connectivity index (χ0) is 20.8. The van der Waals surface area contributed by atoms with Crippen LogP contribution in [-0.2, 0) is 4.79 Å². The Morgan fingerprint density at radius 1 is 1.03 bits per heavy atom. The number of nitrogens with one attached hydrogen (secondary N) is 1. The van der Waals surface area contributed by atoms with Gasteiger partial charge in [0.05, 0.1) is 29.4 Å². The Morgan fingerprint density at radius 2 is 1.79 bits per heavy atom. The molecule has 8 heteroatoms. The van der Waals surface area contributed by atoms with Crippen molar-refractivity contribution in [2.24, 2.45) is 5.10 Å². The fourth-order valence-corrected chi connectivity index (χ4v) is 3.79. The molecule has 0 saturated heterocycles. The maximum Gasteiger partial charge on any atom is 0.277 e. The summed E-state index contributed by atoms with van der Waals surface area (Å²) in [4.78, 5) is 12.1. The zero-order valence-electron chi connectivity index (χ0n) is 15.7. The number of carbonyl (C=O) groups excluding carboxylic acids is 1. The Kier molecular flexibility index (Phi) is 7.11. The Labute approximate surface area is 185 Å². The second-order valence-corrected chi connectivity index (χ2v) is 7.56. The third kappa shape index (κ3) is 5.07. The molecule has 0 unspecified atom stereocenters. The normalized spacial score (nSPS) is 10.9. The highest BCUT2D eigenvalue weighted by Crippen LogP contribution is 2.33. The molecule has 1 N–H and O–H groups in total. The topological polar surface area (TPSA) is 69.2 Å². The summed E-state index contributed by atoms with van der Waals surface area (Å²) in [6.07, 6.45) is 1.49. The standard InChI is InChI=1S/C21H18Br2N2O4/c1-27-18-10-19(28-2)16(22)9-14(18)11-24-25-20(26)12-29-17-8-7-13-5-3-4-6-15(13)21(17)23/h3-11H,12H2,1-2H3,(H,25,26). The van der Waals surface area contributed by atoms with Crippen LogP contribution in [0.25, 0.3) is 10.8 Å². The summed E-state index contributed by atoms with van der Waals surface area (Å²) in [6.45, 7) is -0.169. The predicted molar refractivity (Wildman–Crippen MR) is 120 cm³/mol. The molecule has 3 aromatic rings. The van der Waals surface area contributed by atoms with E-state index in [9.17, 15) is 4.79 Å². The van der Waals surface area contributed by atoms with Crippen LogP contribution in [0.5, 0.6) is 17.2 Å². The van der Waals surface area contributed by atoms with Crippen LogP contribution >= 0.6 is 31.9 Å². The molecule has 3 rings (SSSR count). The van der Waals surface area contributed by atoms with E-state index in [-0.39, 0.29) is 12.5 Å². The van der Waals surface area contributed by atoms with E-state index in [4.69, 9.17) is 14.2 Å². The number of ether oxygens (including phenoxy) is 3. The second-order valence-electron chi connectivity index (χ2n) is 5.91. The van der Waals surface area contributed by atoms with Crippen molar-refractivity contribution in [1.82, 2.24) is 5.43 Å². The average Bonchev–Trinajstić information content (AvgIpc) is 2.73. The quantitative estimate of drug-likeness (QED) is 0.354. The van der Waals surface area contributed by atoms with Crippen LogP contribution in [0.3, 0.4) is 0 Å². The first-order chi connectivity index (χ1) is 14.0. The lowest BCUT2D eigenvalue weighted by Crippen LogP contribution is -2.24. The van der Waals surface area contributed by atoms with Gasteiger partial charge in [0, 0.05) is 11.6 Å². The third-order valence-electron chi connectivity index (χ3n) is 4.08. The maximum absolute atomic E-state index is 12.1. The Bertz CT molecular complexity index is 1070. The number of hydrogen-bond acceptors (Lipinski definition) is 5. The highest BCUT2D eigenvalue weighted by atomic mass is 79.9. The summed E-state index contributed by atoms with van der Waals surface area (Å²) in [6, 6.07) is 15.2. The van der Waals surface area contributed by atoms with Crippen LogP contribution in [-0.4, -0.2) is 32.9 Å². The summed E-state index contributed by atoms with van der Waals surface area (Å²) < 4.78 is 17.7. The summed E-state index contributed by atoms with van der Waals surface area (Å²) >= 11 is 6.95. The number of methoxy groups -OCH3 is 2. The number of hydrogen-bond donors (Lipinski definition) is 1. The molecule has 0 aliphatic carbocycles. The molecule has 0 saturated carbocycles. The molecular weight excluding hydrogens is 504 g/mol. The molecule has 6 nitrogen and oxygen atoms in total. The SMILES string of the molecule is COc1cc(OC)c(C=NNC(=O)COc2ccc3ccccc3c2Br)cc1Br. The van der Waals surface area contributed by atoms with E-state index in [1.807, 2.05) is 36.4 Å². The first-order valence-electron chi connectivity index (χ1n) is 8.57. The number of nitrogens with zero attached hydrogens (tertiary/aromatic N) is 1. The minimum absolute atomic E-state index is 0.169. The fourth-order valence-electron chi connectivity index (χ4n) is 2.66. The lowest BCUT2D eigenvalue weighted by Gasteiger charge is -2.10. The first kappa shape index (κ1) is 21.1. The van der Waals surface area contributed by atoms with Crippen molar-refractivity contribution in [3.05, 3.63) is 63.0 Å². The van der Waals surface area contributed by atoms with Gasteiger partial charge in [-0.3, -0.25) is 4.79 Å². The van der Waals surface area contributed by atoms with Gasteiger partial charge in [-0.1, -0.05) is 30.3 Å². The molecule has 3 aromatic carbocycles. The van der Waals surface area contributed by atoms with E-state index >= 15 is 0 Å². The summed E-state index contributed by atoms with van der Waals surface area (Å²) in [5, 5.41) is 6.07. The van der Waals surface area contributed by atoms with Crippen molar-refractivity contribution in [3.8, 4) is 17.2 Å². The van der Waals surface area contributed by atoms with E-state index < -0.39 is 0 Å². The van der Waals surface area contributed by atoms with Crippen LogP contribution < -0.4 is 19.6 Å². The molecular formula is C21H18Br2N2O4. The van der Waals surface area contributed by atoms with Gasteiger partial charge in [-0.25, -0.2) is 5.43 Å². The van der Waals surface area contributed by atoms with Crippen molar-refractivity contribution in [1.29, 1.82) is 0 Å². The monoisotopic (exact) mass is 520 g/mol. The van der Waals surface area contributed by atoms with Gasteiger partial charge in [0.15, 0.2) is 6.61 Å². The van der Waals surface area contributed by atoms with Gasteiger partial charge in [0.25, 0.3) is 5.91 Å². The van der Waals surface area contributed by atoms with Crippen molar-refractivity contribution in [2.75, 3.05) is 20.8 Å². The van der Waals surface area contributed by atoms with Gasteiger partial charge >= 0.3 is 0 Å². The van der Waals surface area contributed by atoms with Crippen molar-refractivity contribution >= 4 is 54.8 Å². The van der Waals surface area contributed by atoms with Crippen molar-refractivity contribution < 1.29 is 19.0 Å². The van der Waals surface area contributed by atoms with E-state index in [0.717, 1.165) is 19.7 Å². The molecule has 1 amide bonds. The lowest BCUT2D eigenvalue weighted by atomic mass is 10.1. The number of rotatable bonds is 7. The minimum atomic E-state index is -0.382. The van der Waals surface area contributed by atoms with Gasteiger partial charge in [-0.15, -0.1) is 0 Å². The Hall–Kier alpha value is -2.58. The third-order valence-corrected chi connectivity index (χ3v) is 5.52. The Morgan fingerprint density at radius 3 is 2.55 bits per heavy atom. The van der Waals surface area contributed by atoms with Crippen LogP contribution in [0.4, 0.5) is 0 Å². The Balaban J connectivity index is 1.62. The molecule has 0 aromatic heterocycles. The zero-order valence-corrected chi connectivity index (χ0v) is 18.9. The van der Waals surface area contributed by atoms with E-state index in [1.54, 1.807) is 26.4 Å². The first-order valence-corrected chi connectivity index (χ1v) is 10.2. The fraction of sp³-hybridized carbons (Fsp3) is 0.143. The molecule has 29 heavy (non-hydrogen) atoms. The molecule has 0 bridgehead atoms. The van der Waals surface area contributed by atoms with Gasteiger partial charge in [0.2, 0.25) is 0 Å². The molecule has 0 fully saturated rings. The molecule has 150 valence electrons. The van der Waals surface area contributed by atoms with Gasteiger partial charge in [0.1, 0.15) is 17.2 Å². The smallest absolute Gasteiger partial charge is 0.277 e. The summed E-state index contributed by atoms with van der Waals surface area (Å²) in [5.41, 5.74) is 3.12. The van der Waals surface area contributed by atoms with Crippen molar-refractivity contribution in [3.63, 3.8) is 0 Å². The second kappa shape index (κ2) is 9.76. The van der Waals surface area contributed by atoms with Crippen LogP contribution in [0.2, 0.25) is 0 Å². The molecule has 0 heterocycles. The largest absolute Gasteiger partial charge is 0.496 e. The van der Waals surface area contributed by atoms with Crippen LogP contribution in [0.15, 0.2) is 62.6 Å². The van der Waals surface area contributed by atoms with E-state index in [2.05, 4.69) is 42.4 Å². The molecule has 0 radical (unpaired) electrons. The minimum Gasteiger partial charge on any atom is -0.496 e. The summed E-state index contributed by atoms with van der Waals surface area (Å²) in [5.74, 6) is 1.41. The average molecular weight is 522 g/mol. The van der Waals surface area contributed by atoms with Gasteiger partial charge in [-0.05, 0) is 54.8 Å². The number of amides is 1. The lowest BCUT2D eigenvalue weighted by molar-refractivity contribution is -0.123. The van der Waals surface area contributed by atoms with Crippen LogP contribution in [0, 0.1) is 0 Å². The molecule has 0 spiro atoms. The maximum atomic E-state index is 12.1. The summed E-state index contributed by atoms with van der Waals surface area (Å²) in [7, 11) is 3.12. The number of benzene rings is 3. The molecule has 0 atom stereocenters. The number of hydrazone groups is 1. The van der Waals surface area contributed by atoms with E-state index in [1.165, 1.54) is 6.21 Å². The van der Waals surface area contributed by atoms with E-state index in [0.29, 0.717) is 22.8 Å². The van der Waals surface area contributed by atoms with Crippen LogP contribution in [0.1, 0.15) is 5.56 Å². The van der Waals surface area contributed by atoms with Gasteiger partial charge in [-0.2, -0.15) is 5.10 Å². The molecule has 0 aliphatic rings. The molecule has 0 aliphatic heterocycles. The predicted octanol–water partition coefficient (Wildman–Crippen LogP) is 4.91. The number of carbonyl (C=O) groups is 1.